The smallest absolute Gasteiger partial charge is 0.124 e. The van der Waals surface area contributed by atoms with Crippen LogP contribution in [-0.2, 0) is 10.1 Å². The number of hydrogen-bond acceptors (Lipinski definition) is 4. The number of quaternary nitrogens is 1. The Hall–Kier alpha value is -0.950. The van der Waals surface area contributed by atoms with E-state index in [2.05, 4.69) is 20.8 Å². The van der Waals surface area contributed by atoms with Crippen LogP contribution in [0, 0.1) is 6.92 Å². The number of hydrogen-bond donors (Lipinski definition) is 1. The molecule has 5 nitrogen and oxygen atoms in total. The monoisotopic (exact) mass is 457 g/mol. The molecule has 0 amide bonds. The molecular weight excluding hydrogens is 410 g/mol. The van der Waals surface area contributed by atoms with Crippen LogP contribution in [0.3, 0.4) is 0 Å². The lowest BCUT2D eigenvalue weighted by Gasteiger charge is -2.39. The molecule has 1 aromatic rings. The molecular formula is C25H47NO4S. The zero-order valence-corrected chi connectivity index (χ0v) is 21.3. The maximum absolute atomic E-state index is 10.4. The van der Waals surface area contributed by atoms with E-state index in [4.69, 9.17) is 5.11 Å². The Morgan fingerprint density at radius 1 is 0.742 bits per heavy atom. The minimum absolute atomic E-state index is 0.178. The lowest BCUT2D eigenvalue weighted by Crippen LogP contribution is -2.50. The van der Waals surface area contributed by atoms with Crippen molar-refractivity contribution in [1.29, 1.82) is 0 Å². The predicted octanol–water partition coefficient (Wildman–Crippen LogP) is 5.66. The summed E-state index contributed by atoms with van der Waals surface area (Å²) in [7, 11) is -4.27. The average Bonchev–Trinajstić information content (AvgIpc) is 2.74. The molecule has 6 heteroatoms. The van der Waals surface area contributed by atoms with Crippen molar-refractivity contribution in [3.05, 3.63) is 29.8 Å². The van der Waals surface area contributed by atoms with Gasteiger partial charge in [-0.25, -0.2) is 8.42 Å². The summed E-state index contributed by atoms with van der Waals surface area (Å²) in [4.78, 5) is -0.178. The van der Waals surface area contributed by atoms with Gasteiger partial charge in [-0.3, -0.25) is 0 Å². The number of rotatable bonds is 16. The van der Waals surface area contributed by atoms with Crippen molar-refractivity contribution in [3.63, 3.8) is 0 Å². The van der Waals surface area contributed by atoms with Crippen LogP contribution < -0.4 is 0 Å². The number of aliphatic hydroxyl groups excluding tert-OH is 1. The molecule has 0 radical (unpaired) electrons. The van der Waals surface area contributed by atoms with Crippen LogP contribution in [-0.4, -0.2) is 55.3 Å². The van der Waals surface area contributed by atoms with E-state index in [9.17, 15) is 13.0 Å². The topological polar surface area (TPSA) is 77.4 Å². The molecule has 182 valence electrons. The highest BCUT2D eigenvalue weighted by Gasteiger charge is 2.25. The molecule has 0 aliphatic rings. The molecule has 0 spiro atoms. The summed E-state index contributed by atoms with van der Waals surface area (Å²) in [5, 5.41) is 9.05. The number of unbranched alkanes of at least 4 members (excludes halogenated alkanes) is 6. The van der Waals surface area contributed by atoms with Gasteiger partial charge in [-0.2, -0.15) is 0 Å². The van der Waals surface area contributed by atoms with Crippen molar-refractivity contribution < 1.29 is 22.6 Å². The van der Waals surface area contributed by atoms with Gasteiger partial charge < -0.3 is 14.1 Å². The summed E-state index contributed by atoms with van der Waals surface area (Å²) >= 11 is 0. The fourth-order valence-electron chi connectivity index (χ4n) is 3.80. The highest BCUT2D eigenvalue weighted by atomic mass is 32.2. The second-order valence-electron chi connectivity index (χ2n) is 8.70. The first-order valence-corrected chi connectivity index (χ1v) is 13.6. The van der Waals surface area contributed by atoms with Crippen LogP contribution >= 0.6 is 0 Å². The Morgan fingerprint density at radius 3 is 1.61 bits per heavy atom. The predicted molar refractivity (Wildman–Crippen MR) is 129 cm³/mol. The second-order valence-corrected chi connectivity index (χ2v) is 10.1. The van der Waals surface area contributed by atoms with Crippen molar-refractivity contribution in [2.75, 3.05) is 32.8 Å². The summed E-state index contributed by atoms with van der Waals surface area (Å²) in [6.45, 7) is 14.4. The standard InChI is InChI=1S/C18H40NO.C7H8O3S/c1-4-7-10-11-16-19(14-8-5-2,15-9-6-3)17-12-13-18-20;1-6-2-4-7(5-3-6)11(8,9)10/h20H,4-18H2,1-3H3;2-5H,1H3,(H,8,9,10)/q+1;/p-1. The maximum atomic E-state index is 10.4. The molecule has 0 aromatic heterocycles. The van der Waals surface area contributed by atoms with Gasteiger partial charge in [-0.05, 0) is 57.6 Å². The van der Waals surface area contributed by atoms with Gasteiger partial charge in [-0.1, -0.05) is 64.2 Å². The fraction of sp³-hybridized carbons (Fsp3) is 0.760. The molecule has 0 unspecified atom stereocenters. The van der Waals surface area contributed by atoms with Gasteiger partial charge in [0.15, 0.2) is 0 Å². The summed E-state index contributed by atoms with van der Waals surface area (Å²) in [5.74, 6) is 0. The van der Waals surface area contributed by atoms with E-state index < -0.39 is 10.1 Å². The molecule has 0 atom stereocenters. The van der Waals surface area contributed by atoms with Crippen LogP contribution in [0.1, 0.15) is 90.5 Å². The van der Waals surface area contributed by atoms with Gasteiger partial charge in [0.25, 0.3) is 0 Å². The lowest BCUT2D eigenvalue weighted by atomic mass is 10.1. The number of aryl methyl sites for hydroxylation is 1. The van der Waals surface area contributed by atoms with Crippen molar-refractivity contribution in [2.24, 2.45) is 0 Å². The van der Waals surface area contributed by atoms with Crippen LogP contribution in [0.4, 0.5) is 0 Å². The number of nitrogens with zero attached hydrogens (tertiary/aromatic N) is 1. The van der Waals surface area contributed by atoms with Crippen molar-refractivity contribution in [3.8, 4) is 0 Å². The zero-order chi connectivity index (χ0) is 23.6. The molecule has 31 heavy (non-hydrogen) atoms. The SMILES string of the molecule is CCCCCC[N+](CCCC)(CCCC)CCCCO.Cc1ccc(S(=O)(=O)[O-])cc1. The van der Waals surface area contributed by atoms with Crippen molar-refractivity contribution in [2.45, 2.75) is 96.8 Å². The summed E-state index contributed by atoms with van der Waals surface area (Å²) in [5.41, 5.74) is 0.928. The van der Waals surface area contributed by atoms with Crippen LogP contribution in [0.2, 0.25) is 0 Å². The molecule has 0 heterocycles. The third-order valence-corrected chi connectivity index (χ3v) is 6.66. The Bertz CT molecular complexity index is 636. The van der Waals surface area contributed by atoms with Gasteiger partial charge in [0.05, 0.1) is 31.1 Å². The Morgan fingerprint density at radius 2 is 1.19 bits per heavy atom. The van der Waals surface area contributed by atoms with E-state index >= 15 is 0 Å². The van der Waals surface area contributed by atoms with Gasteiger partial charge in [-0.15, -0.1) is 0 Å². The van der Waals surface area contributed by atoms with Crippen LogP contribution in [0.5, 0.6) is 0 Å². The highest BCUT2D eigenvalue weighted by Crippen LogP contribution is 2.17. The van der Waals surface area contributed by atoms with Crippen LogP contribution in [0.25, 0.3) is 0 Å². The molecule has 0 fully saturated rings. The van der Waals surface area contributed by atoms with E-state index in [1.54, 1.807) is 12.1 Å². The molecule has 0 aliphatic carbocycles. The van der Waals surface area contributed by atoms with Gasteiger partial charge in [0, 0.05) is 6.61 Å². The normalized spacial score (nSPS) is 11.8. The van der Waals surface area contributed by atoms with E-state index in [0.717, 1.165) is 12.0 Å². The molecule has 0 bridgehead atoms. The number of benzene rings is 1. The molecule has 0 saturated heterocycles. The average molecular weight is 458 g/mol. The first kappa shape index (κ1) is 30.0. The Labute approximate surface area is 192 Å². The summed E-state index contributed by atoms with van der Waals surface area (Å²) < 4.78 is 32.5. The number of aliphatic hydroxyl groups is 1. The fourth-order valence-corrected chi connectivity index (χ4v) is 4.27. The molecule has 0 saturated carbocycles. The van der Waals surface area contributed by atoms with Gasteiger partial charge >= 0.3 is 0 Å². The van der Waals surface area contributed by atoms with Crippen molar-refractivity contribution >= 4 is 10.1 Å². The molecule has 1 N–H and O–H groups in total. The third-order valence-electron chi connectivity index (χ3n) is 5.81. The van der Waals surface area contributed by atoms with Gasteiger partial charge in [0.2, 0.25) is 0 Å². The molecule has 1 aromatic carbocycles. The van der Waals surface area contributed by atoms with E-state index in [1.165, 1.54) is 101 Å². The summed E-state index contributed by atoms with van der Waals surface area (Å²) in [6.07, 6.45) is 13.0. The highest BCUT2D eigenvalue weighted by molar-refractivity contribution is 7.85. The van der Waals surface area contributed by atoms with Crippen LogP contribution in [0.15, 0.2) is 29.2 Å². The largest absolute Gasteiger partial charge is 0.744 e. The van der Waals surface area contributed by atoms with E-state index in [0.29, 0.717) is 6.61 Å². The third kappa shape index (κ3) is 14.7. The maximum Gasteiger partial charge on any atom is 0.124 e. The lowest BCUT2D eigenvalue weighted by molar-refractivity contribution is -0.929. The minimum Gasteiger partial charge on any atom is -0.744 e. The first-order chi connectivity index (χ1) is 14.7. The minimum atomic E-state index is -4.27. The van der Waals surface area contributed by atoms with E-state index in [-0.39, 0.29) is 4.90 Å². The second kappa shape index (κ2) is 17.6. The zero-order valence-electron chi connectivity index (χ0n) is 20.4. The Kier molecular flexibility index (Phi) is 17.0. The quantitative estimate of drug-likeness (QED) is 0.197. The van der Waals surface area contributed by atoms with E-state index in [1.807, 2.05) is 6.92 Å². The van der Waals surface area contributed by atoms with Crippen molar-refractivity contribution in [1.82, 2.24) is 0 Å². The van der Waals surface area contributed by atoms with Gasteiger partial charge in [0.1, 0.15) is 10.1 Å². The first-order valence-electron chi connectivity index (χ1n) is 12.2. The molecule has 0 aliphatic heterocycles. The molecule has 1 rings (SSSR count). The Balaban J connectivity index is 0.000000683. The summed E-state index contributed by atoms with van der Waals surface area (Å²) in [6, 6.07) is 5.78.